The number of ether oxygens (including phenoxy) is 1. The highest BCUT2D eigenvalue weighted by atomic mass is 16.5. The van der Waals surface area contributed by atoms with Crippen molar-refractivity contribution in [3.63, 3.8) is 0 Å². The fourth-order valence-corrected chi connectivity index (χ4v) is 2.31. The van der Waals surface area contributed by atoms with Crippen LogP contribution in [0.25, 0.3) is 0 Å². The summed E-state index contributed by atoms with van der Waals surface area (Å²) in [6.07, 6.45) is 0. The van der Waals surface area contributed by atoms with E-state index in [1.807, 2.05) is 39.0 Å². The van der Waals surface area contributed by atoms with Gasteiger partial charge in [0.15, 0.2) is 6.61 Å². The molecule has 0 aliphatic carbocycles. The van der Waals surface area contributed by atoms with Crippen molar-refractivity contribution in [2.45, 2.75) is 20.8 Å². The van der Waals surface area contributed by atoms with Gasteiger partial charge in [-0.3, -0.25) is 4.79 Å². The molecule has 0 spiro atoms. The van der Waals surface area contributed by atoms with Gasteiger partial charge in [0.05, 0.1) is 0 Å². The predicted molar refractivity (Wildman–Crippen MR) is 88.2 cm³/mol. The van der Waals surface area contributed by atoms with Crippen molar-refractivity contribution in [3.05, 3.63) is 58.7 Å². The van der Waals surface area contributed by atoms with E-state index in [4.69, 9.17) is 9.84 Å². The number of hydrogen-bond acceptors (Lipinski definition) is 3. The Bertz CT molecular complexity index is 732. The second kappa shape index (κ2) is 6.96. The van der Waals surface area contributed by atoms with Crippen LogP contribution < -0.4 is 10.1 Å². The summed E-state index contributed by atoms with van der Waals surface area (Å²) in [6.45, 7) is 5.47. The molecule has 0 fully saturated rings. The average Bonchev–Trinajstić information content (AvgIpc) is 2.43. The van der Waals surface area contributed by atoms with Crippen molar-refractivity contribution < 1.29 is 19.4 Å². The first-order chi connectivity index (χ1) is 10.8. The smallest absolute Gasteiger partial charge is 0.339 e. The molecule has 0 saturated carbocycles. The van der Waals surface area contributed by atoms with Crippen LogP contribution in [0.2, 0.25) is 0 Å². The summed E-state index contributed by atoms with van der Waals surface area (Å²) in [7, 11) is 0. The lowest BCUT2D eigenvalue weighted by atomic mass is 10.1. The molecule has 0 heterocycles. The molecule has 5 nitrogen and oxygen atoms in total. The van der Waals surface area contributed by atoms with Crippen LogP contribution >= 0.6 is 0 Å². The Morgan fingerprint density at radius 1 is 1.00 bits per heavy atom. The Morgan fingerprint density at radius 3 is 2.26 bits per heavy atom. The second-order valence-corrected chi connectivity index (χ2v) is 5.52. The average molecular weight is 313 g/mol. The molecule has 0 radical (unpaired) electrons. The van der Waals surface area contributed by atoms with Crippen LogP contribution in [0.5, 0.6) is 5.75 Å². The number of benzene rings is 2. The van der Waals surface area contributed by atoms with Gasteiger partial charge in [0, 0.05) is 5.69 Å². The van der Waals surface area contributed by atoms with E-state index >= 15 is 0 Å². The first kappa shape index (κ1) is 16.5. The molecule has 2 rings (SSSR count). The van der Waals surface area contributed by atoms with Crippen LogP contribution in [0.15, 0.2) is 36.4 Å². The van der Waals surface area contributed by atoms with Crippen molar-refractivity contribution in [2.75, 3.05) is 11.9 Å². The van der Waals surface area contributed by atoms with Gasteiger partial charge in [-0.15, -0.1) is 0 Å². The minimum atomic E-state index is -1.09. The fraction of sp³-hybridized carbons (Fsp3) is 0.222. The summed E-state index contributed by atoms with van der Waals surface area (Å²) in [5.41, 5.74) is 3.69. The summed E-state index contributed by atoms with van der Waals surface area (Å²) in [6, 6.07) is 10.5. The predicted octanol–water partition coefficient (Wildman–Crippen LogP) is 3.33. The van der Waals surface area contributed by atoms with E-state index in [0.717, 1.165) is 16.7 Å². The molecular formula is C18H19NO4. The number of aromatic carboxylic acids is 1. The molecule has 0 atom stereocenters. The van der Waals surface area contributed by atoms with E-state index in [9.17, 15) is 9.59 Å². The Morgan fingerprint density at radius 2 is 1.65 bits per heavy atom. The Hall–Kier alpha value is -2.82. The minimum Gasteiger partial charge on any atom is -0.483 e. The molecule has 2 aromatic rings. The molecule has 0 aliphatic heterocycles. The maximum atomic E-state index is 12.0. The highest BCUT2D eigenvalue weighted by Crippen LogP contribution is 2.20. The van der Waals surface area contributed by atoms with Crippen LogP contribution in [0.4, 0.5) is 5.69 Å². The Kier molecular flexibility index (Phi) is 5.01. The van der Waals surface area contributed by atoms with Gasteiger partial charge in [-0.25, -0.2) is 4.79 Å². The van der Waals surface area contributed by atoms with Gasteiger partial charge in [0.1, 0.15) is 11.3 Å². The third-order valence-electron chi connectivity index (χ3n) is 3.23. The van der Waals surface area contributed by atoms with Crippen molar-refractivity contribution in [1.29, 1.82) is 0 Å². The summed E-state index contributed by atoms with van der Waals surface area (Å²) in [5.74, 6) is -1.24. The molecule has 23 heavy (non-hydrogen) atoms. The van der Waals surface area contributed by atoms with Crippen LogP contribution in [0.1, 0.15) is 27.0 Å². The number of carboxylic acids is 1. The van der Waals surface area contributed by atoms with Gasteiger partial charge < -0.3 is 15.2 Å². The van der Waals surface area contributed by atoms with Gasteiger partial charge in [-0.05, 0) is 61.7 Å². The zero-order chi connectivity index (χ0) is 17.0. The lowest BCUT2D eigenvalue weighted by molar-refractivity contribution is -0.118. The molecule has 0 aliphatic rings. The number of aryl methyl sites for hydroxylation is 3. The lowest BCUT2D eigenvalue weighted by Crippen LogP contribution is -2.21. The van der Waals surface area contributed by atoms with Crippen LogP contribution in [-0.4, -0.2) is 23.6 Å². The number of carbonyl (C=O) groups excluding carboxylic acids is 1. The van der Waals surface area contributed by atoms with E-state index in [0.29, 0.717) is 5.69 Å². The molecule has 0 bridgehead atoms. The lowest BCUT2D eigenvalue weighted by Gasteiger charge is -2.11. The highest BCUT2D eigenvalue weighted by molar-refractivity contribution is 5.93. The topological polar surface area (TPSA) is 75.6 Å². The van der Waals surface area contributed by atoms with Crippen molar-refractivity contribution in [2.24, 2.45) is 0 Å². The number of rotatable bonds is 5. The number of hydrogen-bond donors (Lipinski definition) is 2. The molecular weight excluding hydrogens is 294 g/mol. The van der Waals surface area contributed by atoms with Gasteiger partial charge in [-0.2, -0.15) is 0 Å². The zero-order valence-corrected chi connectivity index (χ0v) is 13.3. The molecule has 2 aromatic carbocycles. The van der Waals surface area contributed by atoms with Crippen molar-refractivity contribution in [3.8, 4) is 5.75 Å². The quantitative estimate of drug-likeness (QED) is 0.888. The molecule has 120 valence electrons. The molecule has 0 unspecified atom stereocenters. The first-order valence-corrected chi connectivity index (χ1v) is 7.20. The standard InChI is InChI=1S/C18H19NO4/c1-11-4-5-15(18(21)22)16(9-11)23-10-17(20)19-14-7-12(2)6-13(3)8-14/h4-9H,10H2,1-3H3,(H,19,20)(H,21,22). The van der Waals surface area contributed by atoms with Crippen molar-refractivity contribution >= 4 is 17.6 Å². The third kappa shape index (κ3) is 4.57. The maximum Gasteiger partial charge on any atom is 0.339 e. The SMILES string of the molecule is Cc1cc(C)cc(NC(=O)COc2cc(C)ccc2C(=O)O)c1. The third-order valence-corrected chi connectivity index (χ3v) is 3.23. The number of carboxylic acid groups (broad SMARTS) is 1. The summed E-state index contributed by atoms with van der Waals surface area (Å²) in [4.78, 5) is 23.2. The van der Waals surface area contributed by atoms with Gasteiger partial charge >= 0.3 is 5.97 Å². The fourth-order valence-electron chi connectivity index (χ4n) is 2.31. The van der Waals surface area contributed by atoms with Gasteiger partial charge in [-0.1, -0.05) is 12.1 Å². The number of amides is 1. The Balaban J connectivity index is 2.04. The van der Waals surface area contributed by atoms with Crippen LogP contribution in [0.3, 0.4) is 0 Å². The second-order valence-electron chi connectivity index (χ2n) is 5.52. The summed E-state index contributed by atoms with van der Waals surface area (Å²) >= 11 is 0. The first-order valence-electron chi connectivity index (χ1n) is 7.20. The number of nitrogens with one attached hydrogen (secondary N) is 1. The largest absolute Gasteiger partial charge is 0.483 e. The summed E-state index contributed by atoms with van der Waals surface area (Å²) in [5, 5.41) is 11.9. The molecule has 2 N–H and O–H groups in total. The van der Waals surface area contributed by atoms with Crippen LogP contribution in [0, 0.1) is 20.8 Å². The van der Waals surface area contributed by atoms with E-state index < -0.39 is 5.97 Å². The zero-order valence-electron chi connectivity index (χ0n) is 13.3. The number of carbonyl (C=O) groups is 2. The van der Waals surface area contributed by atoms with Gasteiger partial charge in [0.25, 0.3) is 5.91 Å². The van der Waals surface area contributed by atoms with E-state index in [2.05, 4.69) is 5.32 Å². The maximum absolute atomic E-state index is 12.0. The van der Waals surface area contributed by atoms with E-state index in [1.54, 1.807) is 12.1 Å². The molecule has 5 heteroatoms. The minimum absolute atomic E-state index is 0.0369. The van der Waals surface area contributed by atoms with Gasteiger partial charge in [0.2, 0.25) is 0 Å². The van der Waals surface area contributed by atoms with E-state index in [-0.39, 0.29) is 23.8 Å². The molecule has 0 saturated heterocycles. The molecule has 1 amide bonds. The van der Waals surface area contributed by atoms with E-state index in [1.165, 1.54) is 6.07 Å². The highest BCUT2D eigenvalue weighted by Gasteiger charge is 2.13. The Labute approximate surface area is 134 Å². The van der Waals surface area contributed by atoms with Crippen LogP contribution in [-0.2, 0) is 4.79 Å². The number of anilines is 1. The normalized spacial score (nSPS) is 10.2. The van der Waals surface area contributed by atoms with Crippen molar-refractivity contribution in [1.82, 2.24) is 0 Å². The monoisotopic (exact) mass is 313 g/mol. The molecule has 0 aromatic heterocycles. The summed E-state index contributed by atoms with van der Waals surface area (Å²) < 4.78 is 5.38.